The van der Waals surface area contributed by atoms with Crippen molar-refractivity contribution >= 4 is 23.5 Å². The summed E-state index contributed by atoms with van der Waals surface area (Å²) in [6.07, 6.45) is 1.51. The number of carbonyl (C=O) groups excluding carboxylic acids is 2. The van der Waals surface area contributed by atoms with E-state index in [-0.39, 0.29) is 11.9 Å². The SMILES string of the molecule is COc1cc2c(cc1OC)C(c1cccs1)N(C(=O)c1ccc(C=O)cc1)CC2. The van der Waals surface area contributed by atoms with Crippen LogP contribution in [0.15, 0.2) is 53.9 Å². The Morgan fingerprint density at radius 1 is 1.10 bits per heavy atom. The highest BCUT2D eigenvalue weighted by Crippen LogP contribution is 2.42. The fraction of sp³-hybridized carbons (Fsp3) is 0.217. The maximum absolute atomic E-state index is 13.4. The number of fused-ring (bicyclic) bond motifs is 1. The van der Waals surface area contributed by atoms with Crippen LogP contribution in [-0.4, -0.2) is 37.9 Å². The summed E-state index contributed by atoms with van der Waals surface area (Å²) in [6.45, 7) is 0.597. The predicted octanol–water partition coefficient (Wildman–Crippen LogP) is 4.37. The van der Waals surface area contributed by atoms with Crippen LogP contribution in [0.2, 0.25) is 0 Å². The highest BCUT2D eigenvalue weighted by Gasteiger charge is 2.34. The van der Waals surface area contributed by atoms with Gasteiger partial charge >= 0.3 is 0 Å². The minimum Gasteiger partial charge on any atom is -0.493 e. The van der Waals surface area contributed by atoms with Crippen molar-refractivity contribution in [3.8, 4) is 11.5 Å². The number of thiophene rings is 1. The Morgan fingerprint density at radius 3 is 2.45 bits per heavy atom. The summed E-state index contributed by atoms with van der Waals surface area (Å²) in [5.41, 5.74) is 3.33. The third-order valence-electron chi connectivity index (χ3n) is 5.24. The highest BCUT2D eigenvalue weighted by atomic mass is 32.1. The summed E-state index contributed by atoms with van der Waals surface area (Å²) in [7, 11) is 3.24. The number of amides is 1. The van der Waals surface area contributed by atoms with Crippen LogP contribution >= 0.6 is 11.3 Å². The zero-order chi connectivity index (χ0) is 20.4. The number of nitrogens with zero attached hydrogens (tertiary/aromatic N) is 1. The monoisotopic (exact) mass is 407 g/mol. The van der Waals surface area contributed by atoms with E-state index in [4.69, 9.17) is 9.47 Å². The molecule has 0 fully saturated rings. The molecule has 0 N–H and O–H groups in total. The summed E-state index contributed by atoms with van der Waals surface area (Å²) >= 11 is 1.63. The van der Waals surface area contributed by atoms with Crippen molar-refractivity contribution in [3.63, 3.8) is 0 Å². The largest absolute Gasteiger partial charge is 0.493 e. The average molecular weight is 407 g/mol. The molecular formula is C23H21NO4S. The first-order chi connectivity index (χ1) is 14.2. The first-order valence-electron chi connectivity index (χ1n) is 9.30. The maximum atomic E-state index is 13.4. The molecule has 0 radical (unpaired) electrons. The maximum Gasteiger partial charge on any atom is 0.254 e. The Morgan fingerprint density at radius 2 is 1.83 bits per heavy atom. The van der Waals surface area contributed by atoms with Gasteiger partial charge in [0.1, 0.15) is 6.29 Å². The van der Waals surface area contributed by atoms with Gasteiger partial charge in [-0.05, 0) is 53.3 Å². The van der Waals surface area contributed by atoms with Gasteiger partial charge in [-0.15, -0.1) is 11.3 Å². The molecule has 1 atom stereocenters. The lowest BCUT2D eigenvalue weighted by Gasteiger charge is -2.37. The fourth-order valence-electron chi connectivity index (χ4n) is 3.79. The molecule has 1 aliphatic rings. The van der Waals surface area contributed by atoms with E-state index in [1.165, 1.54) is 0 Å². The topological polar surface area (TPSA) is 55.8 Å². The molecule has 148 valence electrons. The van der Waals surface area contributed by atoms with Gasteiger partial charge in [-0.3, -0.25) is 9.59 Å². The summed E-state index contributed by atoms with van der Waals surface area (Å²) in [4.78, 5) is 27.3. The van der Waals surface area contributed by atoms with Crippen LogP contribution in [0.1, 0.15) is 42.8 Å². The predicted molar refractivity (Wildman–Crippen MR) is 112 cm³/mol. The summed E-state index contributed by atoms with van der Waals surface area (Å²) < 4.78 is 11.0. The van der Waals surface area contributed by atoms with E-state index in [2.05, 4.69) is 6.07 Å². The van der Waals surface area contributed by atoms with Crippen LogP contribution in [0.4, 0.5) is 0 Å². The van der Waals surface area contributed by atoms with E-state index >= 15 is 0 Å². The normalized spacial score (nSPS) is 15.5. The molecule has 1 amide bonds. The van der Waals surface area contributed by atoms with Crippen molar-refractivity contribution in [1.82, 2.24) is 4.90 Å². The van der Waals surface area contributed by atoms with Gasteiger partial charge in [-0.25, -0.2) is 0 Å². The Bertz CT molecular complexity index is 1030. The number of carbonyl (C=O) groups is 2. The number of hydrogen-bond donors (Lipinski definition) is 0. The molecule has 2 aromatic carbocycles. The zero-order valence-corrected chi connectivity index (χ0v) is 17.1. The van der Waals surface area contributed by atoms with Crippen molar-refractivity contribution in [2.24, 2.45) is 0 Å². The molecule has 6 heteroatoms. The first kappa shape index (κ1) is 19.2. The lowest BCUT2D eigenvalue weighted by Crippen LogP contribution is -2.40. The van der Waals surface area contributed by atoms with Crippen molar-refractivity contribution in [2.45, 2.75) is 12.5 Å². The van der Waals surface area contributed by atoms with Crippen LogP contribution in [0.3, 0.4) is 0 Å². The molecule has 4 rings (SSSR count). The quantitative estimate of drug-likeness (QED) is 0.590. The lowest BCUT2D eigenvalue weighted by molar-refractivity contribution is 0.0696. The molecule has 1 aromatic heterocycles. The van der Waals surface area contributed by atoms with E-state index in [0.29, 0.717) is 29.2 Å². The van der Waals surface area contributed by atoms with Gasteiger partial charge in [0, 0.05) is 22.5 Å². The number of hydrogen-bond acceptors (Lipinski definition) is 5. The van der Waals surface area contributed by atoms with E-state index in [1.54, 1.807) is 49.8 Å². The van der Waals surface area contributed by atoms with Crippen molar-refractivity contribution in [3.05, 3.63) is 81.0 Å². The van der Waals surface area contributed by atoms with E-state index < -0.39 is 0 Å². The lowest BCUT2D eigenvalue weighted by atomic mass is 9.90. The van der Waals surface area contributed by atoms with Gasteiger partial charge in [0.05, 0.1) is 20.3 Å². The number of aldehydes is 1. The van der Waals surface area contributed by atoms with Crippen LogP contribution in [0, 0.1) is 0 Å². The molecular weight excluding hydrogens is 386 g/mol. The molecule has 0 bridgehead atoms. The second kappa shape index (κ2) is 8.09. The minimum absolute atomic E-state index is 0.0544. The Kier molecular flexibility index (Phi) is 5.36. The average Bonchev–Trinajstić information content (AvgIpc) is 3.31. The summed E-state index contributed by atoms with van der Waals surface area (Å²) in [5.74, 6) is 1.29. The standard InChI is InChI=1S/C23H21NO4S/c1-27-19-12-17-9-10-24(23(26)16-7-5-15(14-25)6-8-16)22(21-4-3-11-29-21)18(17)13-20(19)28-2/h3-8,11-14,22H,9-10H2,1-2H3. The van der Waals surface area contributed by atoms with Gasteiger partial charge < -0.3 is 14.4 Å². The Labute approximate surface area is 173 Å². The molecule has 3 aromatic rings. The summed E-state index contributed by atoms with van der Waals surface area (Å²) in [6, 6.07) is 14.6. The molecule has 0 spiro atoms. The molecule has 5 nitrogen and oxygen atoms in total. The van der Waals surface area contributed by atoms with Crippen LogP contribution in [0.25, 0.3) is 0 Å². The fourth-order valence-corrected chi connectivity index (χ4v) is 4.64. The highest BCUT2D eigenvalue weighted by molar-refractivity contribution is 7.10. The van der Waals surface area contributed by atoms with Crippen LogP contribution in [-0.2, 0) is 6.42 Å². The third kappa shape index (κ3) is 3.51. The zero-order valence-electron chi connectivity index (χ0n) is 16.3. The van der Waals surface area contributed by atoms with Gasteiger partial charge in [0.15, 0.2) is 11.5 Å². The Hall–Kier alpha value is -3.12. The van der Waals surface area contributed by atoms with Gasteiger partial charge in [-0.2, -0.15) is 0 Å². The van der Waals surface area contributed by atoms with E-state index in [1.807, 2.05) is 28.5 Å². The van der Waals surface area contributed by atoms with Crippen molar-refractivity contribution in [1.29, 1.82) is 0 Å². The van der Waals surface area contributed by atoms with Crippen molar-refractivity contribution in [2.75, 3.05) is 20.8 Å². The molecule has 1 unspecified atom stereocenters. The minimum atomic E-state index is -0.197. The molecule has 0 aliphatic carbocycles. The number of benzene rings is 2. The molecule has 0 saturated heterocycles. The Balaban J connectivity index is 1.79. The second-order valence-corrected chi connectivity index (χ2v) is 7.79. The van der Waals surface area contributed by atoms with Crippen LogP contribution in [0.5, 0.6) is 11.5 Å². The third-order valence-corrected chi connectivity index (χ3v) is 6.17. The summed E-state index contributed by atoms with van der Waals surface area (Å²) in [5, 5.41) is 2.02. The van der Waals surface area contributed by atoms with Crippen molar-refractivity contribution < 1.29 is 19.1 Å². The number of ether oxygens (including phenoxy) is 2. The second-order valence-electron chi connectivity index (χ2n) is 6.81. The first-order valence-corrected chi connectivity index (χ1v) is 10.2. The smallest absolute Gasteiger partial charge is 0.254 e. The molecule has 0 saturated carbocycles. The number of methoxy groups -OCH3 is 2. The van der Waals surface area contributed by atoms with Gasteiger partial charge in [0.2, 0.25) is 0 Å². The van der Waals surface area contributed by atoms with Gasteiger partial charge in [0.25, 0.3) is 5.91 Å². The molecule has 29 heavy (non-hydrogen) atoms. The van der Waals surface area contributed by atoms with E-state index in [0.717, 1.165) is 28.7 Å². The van der Waals surface area contributed by atoms with Crippen LogP contribution < -0.4 is 9.47 Å². The van der Waals surface area contributed by atoms with E-state index in [9.17, 15) is 9.59 Å². The number of rotatable bonds is 5. The molecule has 2 heterocycles. The molecule has 1 aliphatic heterocycles. The van der Waals surface area contributed by atoms with Gasteiger partial charge in [-0.1, -0.05) is 18.2 Å².